The number of furan rings is 1. The molecular formula is C10H13NO4. The second-order valence-electron chi connectivity index (χ2n) is 2.92. The van der Waals surface area contributed by atoms with Crippen molar-refractivity contribution in [2.75, 3.05) is 6.61 Å². The number of ether oxygens (including phenoxy) is 1. The summed E-state index contributed by atoms with van der Waals surface area (Å²) in [5.74, 6) is -0.718. The second-order valence-corrected chi connectivity index (χ2v) is 2.92. The maximum Gasteiger partial charge on any atom is 0.328 e. The van der Waals surface area contributed by atoms with Crippen molar-refractivity contribution in [1.29, 1.82) is 0 Å². The van der Waals surface area contributed by atoms with Crippen LogP contribution in [0, 0.1) is 0 Å². The highest BCUT2D eigenvalue weighted by atomic mass is 16.5. The first-order chi connectivity index (χ1) is 7.15. The molecule has 82 valence electrons. The predicted octanol–water partition coefficient (Wildman–Crippen LogP) is 0.961. The Bertz CT molecular complexity index is 331. The minimum absolute atomic E-state index is 0.172. The van der Waals surface area contributed by atoms with E-state index in [9.17, 15) is 9.59 Å². The van der Waals surface area contributed by atoms with Gasteiger partial charge in [-0.05, 0) is 26.0 Å². The van der Waals surface area contributed by atoms with Crippen LogP contribution >= 0.6 is 0 Å². The Morgan fingerprint density at radius 2 is 2.33 bits per heavy atom. The third kappa shape index (κ3) is 3.12. The summed E-state index contributed by atoms with van der Waals surface area (Å²) in [5.41, 5.74) is 0. The quantitative estimate of drug-likeness (QED) is 0.753. The van der Waals surface area contributed by atoms with Crippen molar-refractivity contribution in [1.82, 2.24) is 5.32 Å². The van der Waals surface area contributed by atoms with E-state index in [4.69, 9.17) is 9.15 Å². The predicted molar refractivity (Wildman–Crippen MR) is 52.3 cm³/mol. The Morgan fingerprint density at radius 3 is 2.87 bits per heavy atom. The molecule has 5 nitrogen and oxygen atoms in total. The molecular weight excluding hydrogens is 198 g/mol. The van der Waals surface area contributed by atoms with Gasteiger partial charge in [0.1, 0.15) is 6.04 Å². The third-order valence-corrected chi connectivity index (χ3v) is 1.73. The van der Waals surface area contributed by atoms with Gasteiger partial charge in [0, 0.05) is 0 Å². The number of nitrogens with one attached hydrogen (secondary N) is 1. The van der Waals surface area contributed by atoms with Gasteiger partial charge in [-0.2, -0.15) is 0 Å². The van der Waals surface area contributed by atoms with Gasteiger partial charge in [0.2, 0.25) is 0 Å². The minimum atomic E-state index is -0.678. The Hall–Kier alpha value is -1.78. The Balaban J connectivity index is 2.48. The second kappa shape index (κ2) is 5.19. The first kappa shape index (κ1) is 11.3. The lowest BCUT2D eigenvalue weighted by Crippen LogP contribution is -2.39. The number of rotatable bonds is 4. The van der Waals surface area contributed by atoms with Crippen LogP contribution in [0.3, 0.4) is 0 Å². The molecule has 0 unspecified atom stereocenters. The van der Waals surface area contributed by atoms with Crippen LogP contribution in [0.25, 0.3) is 0 Å². The summed E-state index contributed by atoms with van der Waals surface area (Å²) in [6.07, 6.45) is 1.39. The van der Waals surface area contributed by atoms with Gasteiger partial charge in [0.15, 0.2) is 5.76 Å². The number of carbonyl (C=O) groups excluding carboxylic acids is 2. The highest BCUT2D eigenvalue weighted by molar-refractivity contribution is 5.94. The number of hydrogen-bond donors (Lipinski definition) is 1. The molecule has 15 heavy (non-hydrogen) atoms. The van der Waals surface area contributed by atoms with E-state index in [1.54, 1.807) is 19.9 Å². The van der Waals surface area contributed by atoms with Crippen molar-refractivity contribution < 1.29 is 18.7 Å². The highest BCUT2D eigenvalue weighted by Crippen LogP contribution is 2.00. The van der Waals surface area contributed by atoms with E-state index in [2.05, 4.69) is 5.32 Å². The lowest BCUT2D eigenvalue weighted by Gasteiger charge is -2.11. The van der Waals surface area contributed by atoms with Crippen molar-refractivity contribution in [3.8, 4) is 0 Å². The van der Waals surface area contributed by atoms with Gasteiger partial charge in [-0.25, -0.2) is 4.79 Å². The molecule has 0 spiro atoms. The van der Waals surface area contributed by atoms with Gasteiger partial charge in [0.05, 0.1) is 12.9 Å². The third-order valence-electron chi connectivity index (χ3n) is 1.73. The Morgan fingerprint density at radius 1 is 1.60 bits per heavy atom. The van der Waals surface area contributed by atoms with E-state index >= 15 is 0 Å². The normalized spacial score (nSPS) is 11.9. The van der Waals surface area contributed by atoms with Gasteiger partial charge < -0.3 is 14.5 Å². The van der Waals surface area contributed by atoms with Crippen LogP contribution in [-0.4, -0.2) is 24.5 Å². The fourth-order valence-corrected chi connectivity index (χ4v) is 1.00. The first-order valence-corrected chi connectivity index (χ1v) is 4.66. The van der Waals surface area contributed by atoms with Crippen LogP contribution < -0.4 is 5.32 Å². The number of amides is 1. The maximum absolute atomic E-state index is 11.4. The van der Waals surface area contributed by atoms with Crippen molar-refractivity contribution in [3.63, 3.8) is 0 Å². The summed E-state index contributed by atoms with van der Waals surface area (Å²) in [4.78, 5) is 22.6. The summed E-state index contributed by atoms with van der Waals surface area (Å²) in [6.45, 7) is 3.55. The fraction of sp³-hybridized carbons (Fsp3) is 0.400. The smallest absolute Gasteiger partial charge is 0.328 e. The molecule has 0 fully saturated rings. The van der Waals surface area contributed by atoms with E-state index in [0.29, 0.717) is 6.61 Å². The van der Waals surface area contributed by atoms with Crippen molar-refractivity contribution in [2.45, 2.75) is 19.9 Å². The van der Waals surface area contributed by atoms with Gasteiger partial charge >= 0.3 is 5.97 Å². The average molecular weight is 211 g/mol. The van der Waals surface area contributed by atoms with E-state index in [-0.39, 0.29) is 5.76 Å². The lowest BCUT2D eigenvalue weighted by molar-refractivity contribution is -0.144. The SMILES string of the molecule is CCOC(=O)[C@H](C)NC(=O)c1ccco1. The topological polar surface area (TPSA) is 68.5 Å². The molecule has 0 radical (unpaired) electrons. The van der Waals surface area contributed by atoms with Crippen LogP contribution in [0.2, 0.25) is 0 Å². The van der Waals surface area contributed by atoms with E-state index < -0.39 is 17.9 Å². The Labute approximate surface area is 87.4 Å². The monoisotopic (exact) mass is 211 g/mol. The van der Waals surface area contributed by atoms with E-state index in [1.807, 2.05) is 0 Å². The molecule has 0 bridgehead atoms. The average Bonchev–Trinajstić information content (AvgIpc) is 2.70. The zero-order valence-corrected chi connectivity index (χ0v) is 8.65. The zero-order chi connectivity index (χ0) is 11.3. The first-order valence-electron chi connectivity index (χ1n) is 4.66. The summed E-state index contributed by atoms with van der Waals surface area (Å²) in [7, 11) is 0. The van der Waals surface area contributed by atoms with Gasteiger partial charge in [-0.15, -0.1) is 0 Å². The molecule has 0 aliphatic heterocycles. The molecule has 0 saturated heterocycles. The molecule has 0 aliphatic carbocycles. The largest absolute Gasteiger partial charge is 0.464 e. The molecule has 1 rings (SSSR count). The van der Waals surface area contributed by atoms with Crippen molar-refractivity contribution >= 4 is 11.9 Å². The van der Waals surface area contributed by atoms with Crippen LogP contribution in [0.4, 0.5) is 0 Å². The number of carbonyl (C=O) groups is 2. The molecule has 0 aliphatic rings. The lowest BCUT2D eigenvalue weighted by atomic mass is 10.3. The highest BCUT2D eigenvalue weighted by Gasteiger charge is 2.18. The number of hydrogen-bond acceptors (Lipinski definition) is 4. The van der Waals surface area contributed by atoms with Crippen LogP contribution in [0.5, 0.6) is 0 Å². The minimum Gasteiger partial charge on any atom is -0.464 e. The summed E-state index contributed by atoms with van der Waals surface area (Å²) < 4.78 is 9.61. The Kier molecular flexibility index (Phi) is 3.91. The molecule has 1 aromatic rings. The fourth-order valence-electron chi connectivity index (χ4n) is 1.00. The molecule has 0 saturated carbocycles. The molecule has 5 heteroatoms. The maximum atomic E-state index is 11.4. The molecule has 1 N–H and O–H groups in total. The zero-order valence-electron chi connectivity index (χ0n) is 8.65. The molecule has 1 aromatic heterocycles. The van der Waals surface area contributed by atoms with Gasteiger partial charge in [-0.1, -0.05) is 0 Å². The standard InChI is InChI=1S/C10H13NO4/c1-3-14-10(13)7(2)11-9(12)8-5-4-6-15-8/h4-7H,3H2,1-2H3,(H,11,12)/t7-/m0/s1. The van der Waals surface area contributed by atoms with Crippen molar-refractivity contribution in [3.05, 3.63) is 24.2 Å². The van der Waals surface area contributed by atoms with E-state index in [1.165, 1.54) is 12.3 Å². The van der Waals surface area contributed by atoms with E-state index in [0.717, 1.165) is 0 Å². The molecule has 1 heterocycles. The van der Waals surface area contributed by atoms with Crippen molar-refractivity contribution in [2.24, 2.45) is 0 Å². The molecule has 1 atom stereocenters. The van der Waals surface area contributed by atoms with Crippen LogP contribution in [0.1, 0.15) is 24.4 Å². The summed E-state index contributed by atoms with van der Waals surface area (Å²) in [5, 5.41) is 2.46. The summed E-state index contributed by atoms with van der Waals surface area (Å²) >= 11 is 0. The van der Waals surface area contributed by atoms with Gasteiger partial charge in [0.25, 0.3) is 5.91 Å². The summed E-state index contributed by atoms with van der Waals surface area (Å²) in [6, 6.07) is 2.44. The molecule has 0 aromatic carbocycles. The van der Waals surface area contributed by atoms with Crippen LogP contribution in [-0.2, 0) is 9.53 Å². The molecule has 1 amide bonds. The van der Waals surface area contributed by atoms with Gasteiger partial charge in [-0.3, -0.25) is 4.79 Å². The van der Waals surface area contributed by atoms with Crippen LogP contribution in [0.15, 0.2) is 22.8 Å². The number of esters is 1.